The van der Waals surface area contributed by atoms with E-state index in [2.05, 4.69) is 10.1 Å². The van der Waals surface area contributed by atoms with Crippen LogP contribution in [0.15, 0.2) is 24.3 Å². The summed E-state index contributed by atoms with van der Waals surface area (Å²) in [5.74, 6) is -0.567. The van der Waals surface area contributed by atoms with Crippen molar-refractivity contribution >= 4 is 18.0 Å². The van der Waals surface area contributed by atoms with Gasteiger partial charge in [-0.1, -0.05) is 12.1 Å². The number of hydrogen-bond acceptors (Lipinski definition) is 7. The van der Waals surface area contributed by atoms with Crippen LogP contribution in [-0.4, -0.2) is 49.0 Å². The average molecular weight is 409 g/mol. The van der Waals surface area contributed by atoms with Crippen LogP contribution in [0.4, 0.5) is 4.79 Å². The molecule has 0 aliphatic rings. The lowest BCUT2D eigenvalue weighted by molar-refractivity contribution is -0.157. The summed E-state index contributed by atoms with van der Waals surface area (Å²) in [7, 11) is 1.28. The van der Waals surface area contributed by atoms with E-state index in [1.165, 1.54) is 7.11 Å². The number of amides is 1. The summed E-state index contributed by atoms with van der Waals surface area (Å²) >= 11 is 0. The van der Waals surface area contributed by atoms with Crippen LogP contribution in [0.5, 0.6) is 5.75 Å². The summed E-state index contributed by atoms with van der Waals surface area (Å²) in [6.07, 6.45) is -0.503. The normalized spacial score (nSPS) is 12.5. The van der Waals surface area contributed by atoms with E-state index in [1.807, 2.05) is 0 Å². The van der Waals surface area contributed by atoms with Gasteiger partial charge in [0, 0.05) is 6.42 Å². The van der Waals surface area contributed by atoms with Crippen LogP contribution in [0.2, 0.25) is 0 Å². The predicted molar refractivity (Wildman–Crippen MR) is 107 cm³/mol. The van der Waals surface area contributed by atoms with Gasteiger partial charge in [-0.05, 0) is 59.2 Å². The molecule has 0 unspecified atom stereocenters. The molecule has 162 valence electrons. The van der Waals surface area contributed by atoms with Crippen LogP contribution in [0.25, 0.3) is 0 Å². The summed E-state index contributed by atoms with van der Waals surface area (Å²) in [5, 5.41) is 2.58. The highest BCUT2D eigenvalue weighted by molar-refractivity contribution is 5.82. The fourth-order valence-corrected chi connectivity index (χ4v) is 2.17. The van der Waals surface area contributed by atoms with Crippen LogP contribution in [0.3, 0.4) is 0 Å². The molecule has 1 amide bonds. The minimum absolute atomic E-state index is 0.198. The van der Waals surface area contributed by atoms with Crippen LogP contribution in [0.1, 0.15) is 47.1 Å². The minimum Gasteiger partial charge on any atom is -0.482 e. The first-order chi connectivity index (χ1) is 13.3. The zero-order valence-electron chi connectivity index (χ0n) is 18.2. The smallest absolute Gasteiger partial charge is 0.408 e. The summed E-state index contributed by atoms with van der Waals surface area (Å²) in [4.78, 5) is 35.9. The molecule has 0 fully saturated rings. The van der Waals surface area contributed by atoms with Crippen molar-refractivity contribution in [1.29, 1.82) is 0 Å². The molecule has 1 aromatic rings. The summed E-state index contributed by atoms with van der Waals surface area (Å²) in [5.41, 5.74) is -0.625. The van der Waals surface area contributed by atoms with Gasteiger partial charge < -0.3 is 24.3 Å². The Labute approximate surface area is 171 Å². The average Bonchev–Trinajstić information content (AvgIpc) is 2.57. The fourth-order valence-electron chi connectivity index (χ4n) is 2.17. The minimum atomic E-state index is -0.925. The van der Waals surface area contributed by atoms with E-state index >= 15 is 0 Å². The molecule has 29 heavy (non-hydrogen) atoms. The van der Waals surface area contributed by atoms with Crippen molar-refractivity contribution in [2.45, 2.75) is 65.2 Å². The second-order valence-electron chi connectivity index (χ2n) is 8.45. The van der Waals surface area contributed by atoms with Gasteiger partial charge in [-0.15, -0.1) is 0 Å². The lowest BCUT2D eigenvalue weighted by Crippen LogP contribution is -2.47. The molecule has 0 radical (unpaired) electrons. The van der Waals surface area contributed by atoms with Crippen molar-refractivity contribution in [2.24, 2.45) is 0 Å². The molecule has 1 rings (SSSR count). The number of benzene rings is 1. The van der Waals surface area contributed by atoms with Gasteiger partial charge in [0.15, 0.2) is 6.61 Å². The third kappa shape index (κ3) is 10.4. The van der Waals surface area contributed by atoms with Gasteiger partial charge in [-0.2, -0.15) is 0 Å². The van der Waals surface area contributed by atoms with Crippen molar-refractivity contribution in [3.05, 3.63) is 29.8 Å². The third-order valence-corrected chi connectivity index (χ3v) is 3.33. The van der Waals surface area contributed by atoms with Gasteiger partial charge in [0.05, 0.1) is 7.11 Å². The molecule has 0 heterocycles. The molecule has 0 aromatic heterocycles. The standard InChI is InChI=1S/C21H31NO7/c1-20(2,3)28-18(24)16(22-19(25)29-21(4,5)6)12-14-8-10-15(11-9-14)27-13-17(23)26-7/h8-11,16H,12-13H2,1-7H3,(H,22,25)/t16-/m0/s1. The molecule has 0 aliphatic heterocycles. The fraction of sp³-hybridized carbons (Fsp3) is 0.571. The van der Waals surface area contributed by atoms with E-state index in [0.29, 0.717) is 5.75 Å². The van der Waals surface area contributed by atoms with Crippen LogP contribution in [0, 0.1) is 0 Å². The summed E-state index contributed by atoms with van der Waals surface area (Å²) in [6, 6.07) is 5.88. The molecule has 8 heteroatoms. The zero-order chi connectivity index (χ0) is 22.2. The number of alkyl carbamates (subject to hydrolysis) is 1. The van der Waals surface area contributed by atoms with Crippen molar-refractivity contribution in [3.63, 3.8) is 0 Å². The monoisotopic (exact) mass is 409 g/mol. The highest BCUT2D eigenvalue weighted by atomic mass is 16.6. The topological polar surface area (TPSA) is 100 Å². The van der Waals surface area contributed by atoms with E-state index in [9.17, 15) is 14.4 Å². The first-order valence-electron chi connectivity index (χ1n) is 9.30. The molecule has 1 aromatic carbocycles. The Morgan fingerprint density at radius 2 is 1.48 bits per heavy atom. The Morgan fingerprint density at radius 3 is 1.97 bits per heavy atom. The van der Waals surface area contributed by atoms with Crippen molar-refractivity contribution in [2.75, 3.05) is 13.7 Å². The van der Waals surface area contributed by atoms with E-state index in [-0.39, 0.29) is 13.0 Å². The van der Waals surface area contributed by atoms with Gasteiger partial charge in [-0.25, -0.2) is 14.4 Å². The maximum absolute atomic E-state index is 12.6. The van der Waals surface area contributed by atoms with Crippen molar-refractivity contribution < 1.29 is 33.3 Å². The van der Waals surface area contributed by atoms with E-state index < -0.39 is 35.3 Å². The number of carbonyl (C=O) groups is 3. The summed E-state index contributed by atoms with van der Waals surface area (Å²) < 4.78 is 20.5. The van der Waals surface area contributed by atoms with Gasteiger partial charge >= 0.3 is 18.0 Å². The van der Waals surface area contributed by atoms with E-state index in [1.54, 1.807) is 65.8 Å². The van der Waals surface area contributed by atoms with Crippen molar-refractivity contribution in [1.82, 2.24) is 5.32 Å². The Balaban J connectivity index is 2.86. The molecule has 0 bridgehead atoms. The molecule has 8 nitrogen and oxygen atoms in total. The SMILES string of the molecule is COC(=O)COc1ccc(C[C@H](NC(=O)OC(C)(C)C)C(=O)OC(C)(C)C)cc1. The summed E-state index contributed by atoms with van der Waals surface area (Å²) in [6.45, 7) is 10.3. The first kappa shape index (κ1) is 24.3. The van der Waals surface area contributed by atoms with Gasteiger partial charge in [0.2, 0.25) is 0 Å². The maximum Gasteiger partial charge on any atom is 0.408 e. The Morgan fingerprint density at radius 1 is 0.931 bits per heavy atom. The molecule has 1 N–H and O–H groups in total. The van der Waals surface area contributed by atoms with Crippen LogP contribution >= 0.6 is 0 Å². The molecule has 1 atom stereocenters. The van der Waals surface area contributed by atoms with Crippen molar-refractivity contribution in [3.8, 4) is 5.75 Å². The zero-order valence-corrected chi connectivity index (χ0v) is 18.2. The largest absolute Gasteiger partial charge is 0.482 e. The predicted octanol–water partition coefficient (Wildman–Crippen LogP) is 3.02. The number of hydrogen-bond donors (Lipinski definition) is 1. The van der Waals surface area contributed by atoms with Gasteiger partial charge in [0.25, 0.3) is 0 Å². The van der Waals surface area contributed by atoms with Crippen LogP contribution < -0.4 is 10.1 Å². The third-order valence-electron chi connectivity index (χ3n) is 3.33. The number of nitrogens with one attached hydrogen (secondary N) is 1. The van der Waals surface area contributed by atoms with Crippen LogP contribution in [-0.2, 0) is 30.2 Å². The molecule has 0 aliphatic carbocycles. The lowest BCUT2D eigenvalue weighted by atomic mass is 10.1. The lowest BCUT2D eigenvalue weighted by Gasteiger charge is -2.26. The van der Waals surface area contributed by atoms with Gasteiger partial charge in [0.1, 0.15) is 23.0 Å². The van der Waals surface area contributed by atoms with E-state index in [0.717, 1.165) is 5.56 Å². The first-order valence-corrected chi connectivity index (χ1v) is 9.30. The molecule has 0 spiro atoms. The molecule has 0 saturated heterocycles. The second kappa shape index (κ2) is 10.1. The molecular weight excluding hydrogens is 378 g/mol. The number of rotatable bonds is 7. The molecule has 0 saturated carbocycles. The molecular formula is C21H31NO7. The number of methoxy groups -OCH3 is 1. The maximum atomic E-state index is 12.6. The van der Waals surface area contributed by atoms with E-state index in [4.69, 9.17) is 14.2 Å². The Hall–Kier alpha value is -2.77. The quantitative estimate of drug-likeness (QED) is 0.546. The Bertz CT molecular complexity index is 699. The van der Waals surface area contributed by atoms with Gasteiger partial charge in [-0.3, -0.25) is 0 Å². The highest BCUT2D eigenvalue weighted by Gasteiger charge is 2.29. The second-order valence-corrected chi connectivity index (χ2v) is 8.45. The highest BCUT2D eigenvalue weighted by Crippen LogP contribution is 2.16. The number of carbonyl (C=O) groups excluding carboxylic acids is 3. The number of ether oxygens (including phenoxy) is 4. The number of esters is 2. The Kier molecular flexibility index (Phi) is 8.48.